The second-order valence-electron chi connectivity index (χ2n) is 1.64. The zero-order valence-corrected chi connectivity index (χ0v) is 6.83. The molecular weight excluding hydrogens is 231 g/mol. The van der Waals surface area contributed by atoms with Crippen molar-refractivity contribution in [3.8, 4) is 0 Å². The third-order valence-electron chi connectivity index (χ3n) is 1.03. The first-order chi connectivity index (χ1) is 4.34. The van der Waals surface area contributed by atoms with Crippen molar-refractivity contribution in [3.63, 3.8) is 0 Å². The van der Waals surface area contributed by atoms with Gasteiger partial charge < -0.3 is 0 Å². The molecule has 0 aliphatic heterocycles. The fourth-order valence-electron chi connectivity index (χ4n) is 0.571. The van der Waals surface area contributed by atoms with Crippen LogP contribution in [0, 0.1) is 3.57 Å². The maximum Gasteiger partial charge on any atom is 0.151 e. The van der Waals surface area contributed by atoms with Crippen LogP contribution in [-0.2, 0) is 0 Å². The van der Waals surface area contributed by atoms with Gasteiger partial charge in [0.25, 0.3) is 0 Å². The van der Waals surface area contributed by atoms with E-state index in [1.165, 1.54) is 0 Å². The van der Waals surface area contributed by atoms with Crippen molar-refractivity contribution < 1.29 is 4.79 Å². The van der Waals surface area contributed by atoms with Crippen LogP contribution in [-0.4, -0.2) is 6.29 Å². The summed E-state index contributed by atoms with van der Waals surface area (Å²) in [5.74, 6) is 0. The Hall–Kier alpha value is -0.380. The van der Waals surface area contributed by atoms with Crippen molar-refractivity contribution in [1.29, 1.82) is 0 Å². The maximum atomic E-state index is 10.2. The molecule has 1 rings (SSSR count). The summed E-state index contributed by atoms with van der Waals surface area (Å²) in [6.07, 6.45) is 0.863. The molecule has 1 nitrogen and oxygen atoms in total. The zero-order valence-electron chi connectivity index (χ0n) is 4.67. The van der Waals surface area contributed by atoms with Crippen molar-refractivity contribution in [2.45, 2.75) is 0 Å². The Morgan fingerprint density at radius 2 is 2.00 bits per heavy atom. The van der Waals surface area contributed by atoms with Gasteiger partial charge in [0, 0.05) is 9.13 Å². The van der Waals surface area contributed by atoms with Crippen LogP contribution in [0.15, 0.2) is 24.3 Å². The topological polar surface area (TPSA) is 17.1 Å². The van der Waals surface area contributed by atoms with Gasteiger partial charge >= 0.3 is 0 Å². The molecule has 0 radical (unpaired) electrons. The molecular formula is C7H5IO. The molecule has 9 heavy (non-hydrogen) atoms. The Labute approximate surface area is 67.2 Å². The van der Waals surface area contributed by atoms with Crippen LogP contribution in [0.25, 0.3) is 0 Å². The number of hydrogen-bond acceptors (Lipinski definition) is 1. The van der Waals surface area contributed by atoms with Crippen LogP contribution in [0.1, 0.15) is 10.4 Å². The molecule has 1 aromatic rings. The predicted octanol–water partition coefficient (Wildman–Crippen LogP) is 2.10. The molecule has 0 aliphatic carbocycles. The lowest BCUT2D eigenvalue weighted by Crippen LogP contribution is -1.81. The van der Waals surface area contributed by atoms with E-state index in [1.807, 2.05) is 18.2 Å². The van der Waals surface area contributed by atoms with E-state index in [1.54, 1.807) is 6.07 Å². The van der Waals surface area contributed by atoms with Gasteiger partial charge in [-0.15, -0.1) is 0 Å². The van der Waals surface area contributed by atoms with Gasteiger partial charge in [0.15, 0.2) is 6.29 Å². The molecule has 46 valence electrons. The molecule has 2 heteroatoms. The summed E-state index contributed by atoms with van der Waals surface area (Å²) >= 11 is 2.13. The number of carbonyl (C=O) groups is 1. The molecule has 0 heterocycles. The molecule has 0 aliphatic rings. The maximum absolute atomic E-state index is 10.2. The first kappa shape index (κ1) is 6.74. The van der Waals surface area contributed by atoms with Gasteiger partial charge in [-0.1, -0.05) is 18.2 Å². The highest BCUT2D eigenvalue weighted by Crippen LogP contribution is 2.07. The lowest BCUT2D eigenvalue weighted by molar-refractivity contribution is 0.112. The number of halogens is 1. The fourth-order valence-corrected chi connectivity index (χ4v) is 1.09. The molecule has 0 atom stereocenters. The summed E-state index contributed by atoms with van der Waals surface area (Å²) in [4.78, 5) is 10.2. The van der Waals surface area contributed by atoms with Gasteiger partial charge in [0.1, 0.15) is 0 Å². The summed E-state index contributed by atoms with van der Waals surface area (Å²) in [6.45, 7) is 0. The van der Waals surface area contributed by atoms with Crippen molar-refractivity contribution in [3.05, 3.63) is 33.4 Å². The quantitative estimate of drug-likeness (QED) is 0.539. The summed E-state index contributed by atoms with van der Waals surface area (Å²) in [6, 6.07) is 7.47. The Balaban J connectivity index is 3.15. The van der Waals surface area contributed by atoms with Gasteiger partial charge in [-0.3, -0.25) is 4.79 Å². The smallest absolute Gasteiger partial charge is 0.151 e. The SMILES string of the molecule is O=Cc1ccccc1[131I]. The van der Waals surface area contributed by atoms with Crippen molar-refractivity contribution in [2.75, 3.05) is 0 Å². The van der Waals surface area contributed by atoms with Crippen molar-refractivity contribution in [1.82, 2.24) is 0 Å². The first-order valence-electron chi connectivity index (χ1n) is 2.54. The van der Waals surface area contributed by atoms with E-state index in [2.05, 4.69) is 22.6 Å². The number of carbonyl (C=O) groups excluding carboxylic acids is 1. The summed E-state index contributed by atoms with van der Waals surface area (Å²) < 4.78 is 1.00. The summed E-state index contributed by atoms with van der Waals surface area (Å²) in [7, 11) is 0. The van der Waals surface area contributed by atoms with Crippen molar-refractivity contribution in [2.24, 2.45) is 0 Å². The predicted molar refractivity (Wildman–Crippen MR) is 44.5 cm³/mol. The average molecular weight is 236 g/mol. The standard InChI is InChI=1S/C7H5IO/c8-7-4-2-1-3-6(7)5-9/h1-5H/i8+4. The minimum Gasteiger partial charge on any atom is -0.298 e. The van der Waals surface area contributed by atoms with E-state index in [0.717, 1.165) is 15.4 Å². The summed E-state index contributed by atoms with van der Waals surface area (Å²) in [5.41, 5.74) is 0.762. The molecule has 0 amide bonds. The minimum atomic E-state index is 0.762. The second-order valence-corrected chi connectivity index (χ2v) is 2.80. The molecule has 0 N–H and O–H groups in total. The van der Waals surface area contributed by atoms with Crippen LogP contribution in [0.4, 0.5) is 0 Å². The molecule has 0 spiro atoms. The van der Waals surface area contributed by atoms with Crippen LogP contribution in [0.3, 0.4) is 0 Å². The molecule has 0 fully saturated rings. The highest BCUT2D eigenvalue weighted by atomic mass is 131. The van der Waals surface area contributed by atoms with E-state index >= 15 is 0 Å². The van der Waals surface area contributed by atoms with E-state index in [-0.39, 0.29) is 0 Å². The number of aldehydes is 1. The first-order valence-corrected chi connectivity index (χ1v) is 3.62. The molecule has 1 aromatic carbocycles. The highest BCUT2D eigenvalue weighted by Gasteiger charge is 1.91. The van der Waals surface area contributed by atoms with Gasteiger partial charge in [-0.2, -0.15) is 0 Å². The van der Waals surface area contributed by atoms with Gasteiger partial charge in [0.05, 0.1) is 0 Å². The molecule has 0 saturated carbocycles. The molecule has 0 unspecified atom stereocenters. The Bertz CT molecular complexity index is 220. The number of hydrogen-bond donors (Lipinski definition) is 0. The lowest BCUT2D eigenvalue weighted by Gasteiger charge is -1.90. The van der Waals surface area contributed by atoms with Crippen LogP contribution >= 0.6 is 22.6 Å². The van der Waals surface area contributed by atoms with E-state index < -0.39 is 0 Å². The molecule has 0 aromatic heterocycles. The average Bonchev–Trinajstić information content (AvgIpc) is 1.89. The largest absolute Gasteiger partial charge is 0.298 e. The molecule has 0 bridgehead atoms. The monoisotopic (exact) mass is 236 g/mol. The van der Waals surface area contributed by atoms with Gasteiger partial charge in [-0.25, -0.2) is 0 Å². The van der Waals surface area contributed by atoms with Gasteiger partial charge in [0.2, 0.25) is 0 Å². The Morgan fingerprint density at radius 3 is 2.44 bits per heavy atom. The van der Waals surface area contributed by atoms with Gasteiger partial charge in [-0.05, 0) is 28.7 Å². The van der Waals surface area contributed by atoms with Crippen LogP contribution in [0.2, 0.25) is 0 Å². The Kier molecular flexibility index (Phi) is 2.22. The van der Waals surface area contributed by atoms with Crippen LogP contribution in [0.5, 0.6) is 0 Å². The summed E-state index contributed by atoms with van der Waals surface area (Å²) in [5, 5.41) is 0. The molecule has 0 saturated heterocycles. The Morgan fingerprint density at radius 1 is 1.33 bits per heavy atom. The van der Waals surface area contributed by atoms with E-state index in [9.17, 15) is 4.79 Å². The number of benzene rings is 1. The zero-order chi connectivity index (χ0) is 6.69. The van der Waals surface area contributed by atoms with Crippen molar-refractivity contribution >= 4 is 28.9 Å². The van der Waals surface area contributed by atoms with E-state index in [0.29, 0.717) is 0 Å². The van der Waals surface area contributed by atoms with E-state index in [4.69, 9.17) is 0 Å². The van der Waals surface area contributed by atoms with Crippen LogP contribution < -0.4 is 0 Å². The highest BCUT2D eigenvalue weighted by molar-refractivity contribution is 14.1. The third kappa shape index (κ3) is 1.51. The normalized spacial score (nSPS) is 9.00. The lowest BCUT2D eigenvalue weighted by atomic mass is 10.2. The third-order valence-corrected chi connectivity index (χ3v) is 2.01. The minimum absolute atomic E-state index is 0.762. The second kappa shape index (κ2) is 2.96. The number of rotatable bonds is 1. The fraction of sp³-hybridized carbons (Fsp3) is 0.